The highest BCUT2D eigenvalue weighted by molar-refractivity contribution is 6.35. The van der Waals surface area contributed by atoms with E-state index in [-0.39, 0.29) is 39.4 Å². The maximum absolute atomic E-state index is 14.6. The molecule has 228 valence electrons. The van der Waals surface area contributed by atoms with Gasteiger partial charge in [0, 0.05) is 23.5 Å². The highest BCUT2D eigenvalue weighted by Gasteiger charge is 2.39. The van der Waals surface area contributed by atoms with Crippen LogP contribution in [-0.2, 0) is 0 Å². The molecule has 0 radical (unpaired) electrons. The molecular formula is C36H40N4O4. The number of ether oxygens (including phenoxy) is 2. The molecule has 0 spiro atoms. The Kier molecular flexibility index (Phi) is 9.09. The largest absolute Gasteiger partial charge is 0.491 e. The van der Waals surface area contributed by atoms with Crippen molar-refractivity contribution in [2.24, 2.45) is 0 Å². The van der Waals surface area contributed by atoms with Gasteiger partial charge >= 0.3 is 0 Å². The van der Waals surface area contributed by atoms with Crippen molar-refractivity contribution in [3.05, 3.63) is 94.0 Å². The van der Waals surface area contributed by atoms with E-state index in [0.29, 0.717) is 36.1 Å². The molecule has 0 saturated carbocycles. The van der Waals surface area contributed by atoms with Gasteiger partial charge in [-0.05, 0) is 51.0 Å². The molecule has 4 aromatic rings. The average molecular weight is 593 g/mol. The zero-order valence-corrected chi connectivity index (χ0v) is 25.8. The molecule has 0 bridgehead atoms. The lowest BCUT2D eigenvalue weighted by molar-refractivity contribution is 0.0981. The molecular weight excluding hydrogens is 552 g/mol. The van der Waals surface area contributed by atoms with E-state index >= 15 is 0 Å². The van der Waals surface area contributed by atoms with E-state index in [1.807, 2.05) is 62.4 Å². The maximum Gasteiger partial charge on any atom is 0.199 e. The van der Waals surface area contributed by atoms with Crippen LogP contribution in [0, 0.1) is 13.8 Å². The Labute approximate surface area is 258 Å². The van der Waals surface area contributed by atoms with Crippen LogP contribution in [0.3, 0.4) is 0 Å². The molecule has 0 heterocycles. The first-order valence-corrected chi connectivity index (χ1v) is 15.2. The third kappa shape index (κ3) is 6.06. The van der Waals surface area contributed by atoms with Gasteiger partial charge in [-0.2, -0.15) is 0 Å². The van der Waals surface area contributed by atoms with Crippen molar-refractivity contribution in [3.8, 4) is 11.5 Å². The number of carbonyl (C=O) groups excluding carboxylic acids is 2. The summed E-state index contributed by atoms with van der Waals surface area (Å²) in [7, 11) is 0. The Morgan fingerprint density at radius 1 is 0.591 bits per heavy atom. The maximum atomic E-state index is 14.6. The van der Waals surface area contributed by atoms with Crippen LogP contribution in [0.4, 0.5) is 34.1 Å². The fourth-order valence-corrected chi connectivity index (χ4v) is 5.21. The fourth-order valence-electron chi connectivity index (χ4n) is 5.21. The van der Waals surface area contributed by atoms with Crippen molar-refractivity contribution < 1.29 is 19.1 Å². The van der Waals surface area contributed by atoms with Gasteiger partial charge in [0.2, 0.25) is 0 Å². The summed E-state index contributed by atoms with van der Waals surface area (Å²) in [6, 6.07) is 19.0. The summed E-state index contributed by atoms with van der Waals surface area (Å²) in [5.74, 6) is -0.158. The number of aryl methyl sites for hydroxylation is 2. The van der Waals surface area contributed by atoms with Crippen molar-refractivity contribution in [1.82, 2.24) is 0 Å². The van der Waals surface area contributed by atoms with E-state index in [9.17, 15) is 9.59 Å². The lowest BCUT2D eigenvalue weighted by Gasteiger charge is -2.27. The molecule has 0 aromatic heterocycles. The highest BCUT2D eigenvalue weighted by Crippen LogP contribution is 2.47. The van der Waals surface area contributed by atoms with Crippen LogP contribution in [0.25, 0.3) is 0 Å². The average Bonchev–Trinajstić information content (AvgIpc) is 3.01. The van der Waals surface area contributed by atoms with Crippen LogP contribution >= 0.6 is 0 Å². The summed E-state index contributed by atoms with van der Waals surface area (Å²) in [5.41, 5.74) is 18.5. The second kappa shape index (κ2) is 13.1. The molecule has 0 amide bonds. The van der Waals surface area contributed by atoms with Gasteiger partial charge < -0.3 is 31.6 Å². The monoisotopic (exact) mass is 592 g/mol. The number of fused-ring (bicyclic) bond motifs is 2. The van der Waals surface area contributed by atoms with Crippen molar-refractivity contribution >= 4 is 45.7 Å². The number of ketones is 2. The van der Waals surface area contributed by atoms with Gasteiger partial charge in [-0.15, -0.1) is 0 Å². The van der Waals surface area contributed by atoms with Gasteiger partial charge in [-0.3, -0.25) is 9.59 Å². The molecule has 5 rings (SSSR count). The third-order valence-electron chi connectivity index (χ3n) is 7.74. The molecule has 0 aliphatic heterocycles. The first-order chi connectivity index (χ1) is 21.2. The van der Waals surface area contributed by atoms with Gasteiger partial charge in [0.05, 0.1) is 58.2 Å². The van der Waals surface area contributed by atoms with Crippen LogP contribution in [0.5, 0.6) is 11.5 Å². The molecule has 0 unspecified atom stereocenters. The van der Waals surface area contributed by atoms with Gasteiger partial charge in [-0.25, -0.2) is 0 Å². The van der Waals surface area contributed by atoms with E-state index in [1.54, 1.807) is 12.1 Å². The fraction of sp³-hybridized carbons (Fsp3) is 0.278. The lowest BCUT2D eigenvalue weighted by atomic mass is 9.80. The smallest absolute Gasteiger partial charge is 0.199 e. The minimum Gasteiger partial charge on any atom is -0.491 e. The number of rotatable bonds is 12. The third-order valence-corrected chi connectivity index (χ3v) is 7.74. The van der Waals surface area contributed by atoms with Gasteiger partial charge in [0.25, 0.3) is 0 Å². The van der Waals surface area contributed by atoms with Crippen LogP contribution in [0.1, 0.15) is 82.5 Å². The summed E-state index contributed by atoms with van der Waals surface area (Å²) < 4.78 is 12.1. The highest BCUT2D eigenvalue weighted by atomic mass is 16.5. The van der Waals surface area contributed by atoms with Gasteiger partial charge in [0.1, 0.15) is 11.5 Å². The second-order valence-corrected chi connectivity index (χ2v) is 11.2. The topological polar surface area (TPSA) is 129 Å². The predicted octanol–water partition coefficient (Wildman–Crippen LogP) is 8.09. The molecule has 1 aliphatic rings. The van der Waals surface area contributed by atoms with E-state index in [2.05, 4.69) is 24.5 Å². The summed E-state index contributed by atoms with van der Waals surface area (Å²) >= 11 is 0. The number of hydrogen-bond donors (Lipinski definition) is 4. The number of hydrogen-bond acceptors (Lipinski definition) is 8. The zero-order chi connectivity index (χ0) is 31.4. The molecule has 8 heteroatoms. The van der Waals surface area contributed by atoms with E-state index in [0.717, 1.165) is 48.2 Å². The normalized spacial score (nSPS) is 12.0. The number of nitrogens with two attached hydrogens (primary N) is 2. The number of nitrogen functional groups attached to an aromatic ring is 2. The van der Waals surface area contributed by atoms with Crippen molar-refractivity contribution in [1.29, 1.82) is 0 Å². The summed E-state index contributed by atoms with van der Waals surface area (Å²) in [6.45, 7) is 8.97. The summed E-state index contributed by atoms with van der Waals surface area (Å²) in [6.07, 6.45) is 3.48. The molecule has 8 nitrogen and oxygen atoms in total. The molecule has 0 atom stereocenters. The van der Waals surface area contributed by atoms with E-state index in [1.165, 1.54) is 0 Å². The first kappa shape index (κ1) is 30.5. The van der Waals surface area contributed by atoms with Crippen molar-refractivity contribution in [2.45, 2.75) is 53.4 Å². The van der Waals surface area contributed by atoms with Crippen LogP contribution in [0.2, 0.25) is 0 Å². The Balaban J connectivity index is 1.71. The molecule has 44 heavy (non-hydrogen) atoms. The standard InChI is InChI=1S/C36H40N4O4/c1-5-7-17-43-27-19-25(39-23-13-9-21(3)10-14-23)29-31(33(27)37)36(42)32-30(35(29)41)26(40-24-15-11-22(4)12-16-24)20-28(34(32)38)44-18-8-6-2/h9-16,19-20,39-40H,5-8,17-18,37-38H2,1-4H3. The van der Waals surface area contributed by atoms with E-state index in [4.69, 9.17) is 20.9 Å². The summed E-state index contributed by atoms with van der Waals surface area (Å²) in [5, 5.41) is 6.70. The Morgan fingerprint density at radius 2 is 0.955 bits per heavy atom. The SMILES string of the molecule is CCCCOc1cc(Nc2ccc(C)cc2)c2c(c1N)C(=O)c1c(N)c(OCCCC)cc(Nc3ccc(C)cc3)c1C2=O. The lowest BCUT2D eigenvalue weighted by Crippen LogP contribution is -2.27. The number of anilines is 6. The minimum absolute atomic E-state index is 0.0739. The van der Waals surface area contributed by atoms with Crippen LogP contribution in [0.15, 0.2) is 60.7 Å². The number of benzene rings is 4. The Bertz CT molecular complexity index is 1570. The number of unbranched alkanes of at least 4 members (excludes halogenated alkanes) is 2. The molecule has 4 aromatic carbocycles. The molecule has 0 saturated heterocycles. The molecule has 6 N–H and O–H groups in total. The molecule has 0 fully saturated rings. The van der Waals surface area contributed by atoms with Crippen LogP contribution < -0.4 is 31.6 Å². The van der Waals surface area contributed by atoms with Crippen molar-refractivity contribution in [3.63, 3.8) is 0 Å². The quantitative estimate of drug-likeness (QED) is 0.0845. The van der Waals surface area contributed by atoms with Crippen molar-refractivity contribution in [2.75, 3.05) is 35.3 Å². The summed E-state index contributed by atoms with van der Waals surface area (Å²) in [4.78, 5) is 29.1. The number of nitrogens with one attached hydrogen (secondary N) is 2. The first-order valence-electron chi connectivity index (χ1n) is 15.2. The predicted molar refractivity (Wildman–Crippen MR) is 178 cm³/mol. The van der Waals surface area contributed by atoms with Gasteiger partial charge in [-0.1, -0.05) is 62.1 Å². The Morgan fingerprint density at radius 3 is 1.32 bits per heavy atom. The Hall–Kier alpha value is -4.98. The van der Waals surface area contributed by atoms with Crippen LogP contribution in [-0.4, -0.2) is 24.8 Å². The minimum atomic E-state index is -0.453. The second-order valence-electron chi connectivity index (χ2n) is 11.2. The molecule has 1 aliphatic carbocycles. The van der Waals surface area contributed by atoms with Gasteiger partial charge in [0.15, 0.2) is 11.6 Å². The number of carbonyl (C=O) groups is 2. The zero-order valence-electron chi connectivity index (χ0n) is 25.8. The van der Waals surface area contributed by atoms with E-state index < -0.39 is 5.78 Å².